The summed E-state index contributed by atoms with van der Waals surface area (Å²) in [7, 11) is 3.10. The first-order valence-corrected chi connectivity index (χ1v) is 8.96. The second-order valence-corrected chi connectivity index (χ2v) is 6.54. The molecule has 0 saturated carbocycles. The minimum Gasteiger partial charge on any atom is -0.492 e. The van der Waals surface area contributed by atoms with E-state index in [2.05, 4.69) is 0 Å². The summed E-state index contributed by atoms with van der Waals surface area (Å²) in [4.78, 5) is 12.1. The van der Waals surface area contributed by atoms with Crippen molar-refractivity contribution in [2.45, 2.75) is 12.8 Å². The molecule has 0 N–H and O–H groups in total. The van der Waals surface area contributed by atoms with Crippen molar-refractivity contribution in [2.75, 3.05) is 27.6 Å². The van der Waals surface area contributed by atoms with Crippen LogP contribution < -0.4 is 18.9 Å². The number of halogens is 2. The number of ether oxygens (including phenoxy) is 5. The van der Waals surface area contributed by atoms with E-state index in [1.165, 1.54) is 6.07 Å². The highest BCUT2D eigenvalue weighted by Gasteiger charge is 2.26. The summed E-state index contributed by atoms with van der Waals surface area (Å²) in [6.07, 6.45) is 1.17. The fourth-order valence-corrected chi connectivity index (χ4v) is 3.29. The molecule has 0 saturated heterocycles. The molecule has 0 atom stereocenters. The summed E-state index contributed by atoms with van der Waals surface area (Å²) < 4.78 is 27.0. The molecule has 0 fully saturated rings. The van der Waals surface area contributed by atoms with E-state index in [1.807, 2.05) is 6.07 Å². The van der Waals surface area contributed by atoms with Gasteiger partial charge in [-0.15, -0.1) is 0 Å². The highest BCUT2D eigenvalue weighted by atomic mass is 35.5. The summed E-state index contributed by atoms with van der Waals surface area (Å²) in [6.45, 7) is 0.357. The van der Waals surface area contributed by atoms with E-state index in [1.54, 1.807) is 26.4 Å². The summed E-state index contributed by atoms with van der Waals surface area (Å²) in [5.74, 6) is 1.71. The predicted molar refractivity (Wildman–Crippen MR) is 101 cm³/mol. The minimum atomic E-state index is -0.494. The van der Waals surface area contributed by atoms with Crippen molar-refractivity contribution >= 4 is 29.2 Å². The first kappa shape index (κ1) is 19.5. The average Bonchev–Trinajstić information content (AvgIpc) is 3.11. The number of aryl methyl sites for hydroxylation is 1. The zero-order chi connectivity index (χ0) is 19.4. The summed E-state index contributed by atoms with van der Waals surface area (Å²) in [6, 6.07) is 6.48. The van der Waals surface area contributed by atoms with Gasteiger partial charge in [-0.05, 0) is 37.1 Å². The number of methoxy groups -OCH3 is 2. The van der Waals surface area contributed by atoms with Crippen LogP contribution in [0.3, 0.4) is 0 Å². The van der Waals surface area contributed by atoms with Crippen molar-refractivity contribution in [1.82, 2.24) is 0 Å². The van der Waals surface area contributed by atoms with Gasteiger partial charge >= 0.3 is 5.97 Å². The van der Waals surface area contributed by atoms with Crippen molar-refractivity contribution in [1.29, 1.82) is 0 Å². The molecule has 0 unspecified atom stereocenters. The van der Waals surface area contributed by atoms with Gasteiger partial charge in [-0.25, -0.2) is 4.79 Å². The van der Waals surface area contributed by atoms with Gasteiger partial charge in [0.25, 0.3) is 0 Å². The Morgan fingerprint density at radius 2 is 1.89 bits per heavy atom. The molecule has 1 aliphatic heterocycles. The molecule has 0 radical (unpaired) electrons. The van der Waals surface area contributed by atoms with Crippen LogP contribution in [0.2, 0.25) is 10.0 Å². The first-order chi connectivity index (χ1) is 13.0. The SMILES string of the molecule is COc1c(CCCOC(=O)c2ccc(Cl)cc2Cl)cc2c(c1OC)OCO2. The third-order valence-electron chi connectivity index (χ3n) is 4.03. The molecule has 0 spiro atoms. The Labute approximate surface area is 166 Å². The maximum Gasteiger partial charge on any atom is 0.339 e. The van der Waals surface area contributed by atoms with Crippen molar-refractivity contribution in [3.63, 3.8) is 0 Å². The molecule has 8 heteroatoms. The first-order valence-electron chi connectivity index (χ1n) is 8.20. The molecule has 0 bridgehead atoms. The fraction of sp³-hybridized carbons (Fsp3) is 0.316. The van der Waals surface area contributed by atoms with Crippen molar-refractivity contribution in [3.05, 3.63) is 45.4 Å². The van der Waals surface area contributed by atoms with E-state index in [0.717, 1.165) is 5.56 Å². The lowest BCUT2D eigenvalue weighted by atomic mass is 10.1. The van der Waals surface area contributed by atoms with Crippen LogP contribution in [-0.4, -0.2) is 33.6 Å². The number of hydrogen-bond acceptors (Lipinski definition) is 6. The molecule has 0 aromatic heterocycles. The molecule has 1 heterocycles. The predicted octanol–water partition coefficient (Wildman–Crippen LogP) is 4.53. The maximum atomic E-state index is 12.1. The highest BCUT2D eigenvalue weighted by Crippen LogP contribution is 2.49. The number of benzene rings is 2. The summed E-state index contributed by atoms with van der Waals surface area (Å²) in [5.41, 5.74) is 1.16. The maximum absolute atomic E-state index is 12.1. The van der Waals surface area contributed by atoms with Crippen LogP contribution in [0.25, 0.3) is 0 Å². The van der Waals surface area contributed by atoms with Gasteiger partial charge in [0, 0.05) is 10.6 Å². The van der Waals surface area contributed by atoms with Crippen LogP contribution in [0, 0.1) is 0 Å². The van der Waals surface area contributed by atoms with E-state index in [4.69, 9.17) is 46.9 Å². The Morgan fingerprint density at radius 3 is 2.59 bits per heavy atom. The quantitative estimate of drug-likeness (QED) is 0.491. The molecular weight excluding hydrogens is 395 g/mol. The number of rotatable bonds is 7. The van der Waals surface area contributed by atoms with Gasteiger partial charge in [0.15, 0.2) is 11.5 Å². The molecule has 6 nitrogen and oxygen atoms in total. The molecule has 2 aromatic carbocycles. The normalized spacial score (nSPS) is 12.0. The Hall–Kier alpha value is -2.31. The fourth-order valence-electron chi connectivity index (χ4n) is 2.80. The van der Waals surface area contributed by atoms with Crippen LogP contribution in [-0.2, 0) is 11.2 Å². The van der Waals surface area contributed by atoms with E-state index in [9.17, 15) is 4.79 Å². The Bertz CT molecular complexity index is 853. The lowest BCUT2D eigenvalue weighted by Gasteiger charge is -2.15. The van der Waals surface area contributed by atoms with E-state index >= 15 is 0 Å². The Kier molecular flexibility index (Phi) is 6.19. The summed E-state index contributed by atoms with van der Waals surface area (Å²) in [5, 5.41) is 0.718. The molecule has 2 aromatic rings. The Balaban J connectivity index is 1.63. The second kappa shape index (κ2) is 8.59. The van der Waals surface area contributed by atoms with Gasteiger partial charge in [-0.3, -0.25) is 0 Å². The molecule has 0 aliphatic carbocycles. The molecule has 27 heavy (non-hydrogen) atoms. The van der Waals surface area contributed by atoms with Crippen LogP contribution in [0.1, 0.15) is 22.3 Å². The van der Waals surface area contributed by atoms with Crippen LogP contribution in [0.5, 0.6) is 23.0 Å². The topological polar surface area (TPSA) is 63.2 Å². The van der Waals surface area contributed by atoms with Crippen LogP contribution >= 0.6 is 23.2 Å². The minimum absolute atomic E-state index is 0.137. The standard InChI is InChI=1S/C19H18Cl2O6/c1-23-16-11(8-15-17(18(16)24-2)27-10-26-15)4-3-7-25-19(22)13-6-5-12(20)9-14(13)21/h5-6,8-9H,3-4,7,10H2,1-2H3. The smallest absolute Gasteiger partial charge is 0.339 e. The molecule has 0 amide bonds. The number of carbonyl (C=O) groups is 1. The van der Waals surface area contributed by atoms with Gasteiger partial charge < -0.3 is 23.7 Å². The van der Waals surface area contributed by atoms with E-state index in [-0.39, 0.29) is 24.0 Å². The van der Waals surface area contributed by atoms with Gasteiger partial charge in [0.2, 0.25) is 18.3 Å². The zero-order valence-electron chi connectivity index (χ0n) is 14.8. The molecule has 1 aliphatic rings. The monoisotopic (exact) mass is 412 g/mol. The van der Waals surface area contributed by atoms with Crippen molar-refractivity contribution in [2.24, 2.45) is 0 Å². The highest BCUT2D eigenvalue weighted by molar-refractivity contribution is 6.36. The third kappa shape index (κ3) is 4.17. The number of hydrogen-bond donors (Lipinski definition) is 0. The lowest BCUT2D eigenvalue weighted by molar-refractivity contribution is 0.0500. The van der Waals surface area contributed by atoms with Crippen LogP contribution in [0.4, 0.5) is 0 Å². The van der Waals surface area contributed by atoms with Gasteiger partial charge in [-0.2, -0.15) is 0 Å². The molecule has 144 valence electrons. The number of fused-ring (bicyclic) bond motifs is 1. The molecular formula is C19H18Cl2O6. The van der Waals surface area contributed by atoms with E-state index in [0.29, 0.717) is 40.9 Å². The third-order valence-corrected chi connectivity index (χ3v) is 4.58. The Morgan fingerprint density at radius 1 is 1.11 bits per heavy atom. The summed E-state index contributed by atoms with van der Waals surface area (Å²) >= 11 is 11.9. The largest absolute Gasteiger partial charge is 0.492 e. The van der Waals surface area contributed by atoms with Gasteiger partial charge in [-0.1, -0.05) is 23.2 Å². The lowest BCUT2D eigenvalue weighted by Crippen LogP contribution is -2.08. The number of carbonyl (C=O) groups excluding carboxylic acids is 1. The number of esters is 1. The average molecular weight is 413 g/mol. The molecule has 3 rings (SSSR count). The van der Waals surface area contributed by atoms with Gasteiger partial charge in [0.05, 0.1) is 31.4 Å². The van der Waals surface area contributed by atoms with Crippen molar-refractivity contribution in [3.8, 4) is 23.0 Å². The van der Waals surface area contributed by atoms with Crippen molar-refractivity contribution < 1.29 is 28.5 Å². The zero-order valence-corrected chi connectivity index (χ0v) is 16.4. The van der Waals surface area contributed by atoms with E-state index < -0.39 is 5.97 Å². The van der Waals surface area contributed by atoms with Crippen LogP contribution in [0.15, 0.2) is 24.3 Å². The second-order valence-electron chi connectivity index (χ2n) is 5.70. The van der Waals surface area contributed by atoms with Gasteiger partial charge in [0.1, 0.15) is 0 Å².